The highest BCUT2D eigenvalue weighted by molar-refractivity contribution is 7.10. The van der Waals surface area contributed by atoms with E-state index in [0.29, 0.717) is 12.3 Å². The van der Waals surface area contributed by atoms with Crippen molar-refractivity contribution in [3.63, 3.8) is 0 Å². The molecule has 4 heteroatoms. The van der Waals surface area contributed by atoms with Crippen LogP contribution in [0.2, 0.25) is 0 Å². The van der Waals surface area contributed by atoms with Crippen LogP contribution >= 0.6 is 11.3 Å². The molecule has 2 aromatic heterocycles. The molecule has 0 saturated carbocycles. The molecule has 0 bridgehead atoms. The molecule has 0 N–H and O–H groups in total. The quantitative estimate of drug-likeness (QED) is 0.726. The SMILES string of the molecule is Cc1ccsc1CN(C)C(=O)c1cc2ccccc2o1. The summed E-state index contributed by atoms with van der Waals surface area (Å²) in [6, 6.07) is 11.5. The van der Waals surface area contributed by atoms with Crippen molar-refractivity contribution in [1.82, 2.24) is 4.90 Å². The molecular formula is C16H15NO2S. The molecule has 1 aromatic carbocycles. The first kappa shape index (κ1) is 12.9. The van der Waals surface area contributed by atoms with Gasteiger partial charge in [0.05, 0.1) is 6.54 Å². The van der Waals surface area contributed by atoms with Crippen LogP contribution in [0.4, 0.5) is 0 Å². The number of hydrogen-bond acceptors (Lipinski definition) is 3. The highest BCUT2D eigenvalue weighted by Crippen LogP contribution is 2.22. The molecule has 0 atom stereocenters. The third kappa shape index (κ3) is 2.34. The summed E-state index contributed by atoms with van der Waals surface area (Å²) in [4.78, 5) is 15.3. The Morgan fingerprint density at radius 3 is 2.80 bits per heavy atom. The lowest BCUT2D eigenvalue weighted by atomic mass is 10.2. The minimum Gasteiger partial charge on any atom is -0.451 e. The molecular weight excluding hydrogens is 270 g/mol. The number of nitrogens with zero attached hydrogens (tertiary/aromatic N) is 1. The summed E-state index contributed by atoms with van der Waals surface area (Å²) >= 11 is 1.67. The maximum absolute atomic E-state index is 12.4. The van der Waals surface area contributed by atoms with Gasteiger partial charge in [-0.25, -0.2) is 0 Å². The summed E-state index contributed by atoms with van der Waals surface area (Å²) in [5.74, 6) is 0.303. The molecule has 0 saturated heterocycles. The average Bonchev–Trinajstić information content (AvgIpc) is 3.04. The second-order valence-electron chi connectivity index (χ2n) is 4.84. The number of fused-ring (bicyclic) bond motifs is 1. The van der Waals surface area contributed by atoms with Crippen molar-refractivity contribution in [2.75, 3.05) is 7.05 Å². The Hall–Kier alpha value is -2.07. The van der Waals surface area contributed by atoms with E-state index in [1.54, 1.807) is 29.4 Å². The van der Waals surface area contributed by atoms with Gasteiger partial charge in [0, 0.05) is 17.3 Å². The number of hydrogen-bond donors (Lipinski definition) is 0. The highest BCUT2D eigenvalue weighted by Gasteiger charge is 2.17. The van der Waals surface area contributed by atoms with Crippen LogP contribution in [-0.2, 0) is 6.54 Å². The van der Waals surface area contributed by atoms with Gasteiger partial charge in [-0.3, -0.25) is 4.79 Å². The Labute approximate surface area is 121 Å². The second kappa shape index (κ2) is 5.13. The van der Waals surface area contributed by atoms with Crippen LogP contribution < -0.4 is 0 Å². The number of furan rings is 1. The summed E-state index contributed by atoms with van der Waals surface area (Å²) < 4.78 is 5.61. The number of carbonyl (C=O) groups is 1. The predicted octanol–water partition coefficient (Wildman–Crippen LogP) is 4.07. The van der Waals surface area contributed by atoms with Crippen LogP contribution in [0.1, 0.15) is 21.0 Å². The highest BCUT2D eigenvalue weighted by atomic mass is 32.1. The first-order chi connectivity index (χ1) is 9.65. The van der Waals surface area contributed by atoms with Gasteiger partial charge in [0.1, 0.15) is 5.58 Å². The zero-order chi connectivity index (χ0) is 14.1. The van der Waals surface area contributed by atoms with Crippen molar-refractivity contribution in [3.8, 4) is 0 Å². The smallest absolute Gasteiger partial charge is 0.289 e. The first-order valence-corrected chi connectivity index (χ1v) is 7.30. The molecule has 0 aliphatic rings. The van der Waals surface area contributed by atoms with Gasteiger partial charge in [-0.05, 0) is 36.1 Å². The number of rotatable bonds is 3. The maximum atomic E-state index is 12.4. The lowest BCUT2D eigenvalue weighted by Gasteiger charge is -2.15. The Kier molecular flexibility index (Phi) is 3.32. The van der Waals surface area contributed by atoms with Crippen molar-refractivity contribution < 1.29 is 9.21 Å². The van der Waals surface area contributed by atoms with Gasteiger partial charge >= 0.3 is 0 Å². The fourth-order valence-corrected chi connectivity index (χ4v) is 3.09. The van der Waals surface area contributed by atoms with Crippen molar-refractivity contribution in [2.24, 2.45) is 0 Å². The van der Waals surface area contributed by atoms with Gasteiger partial charge in [-0.2, -0.15) is 0 Å². The van der Waals surface area contributed by atoms with Crippen LogP contribution in [0, 0.1) is 6.92 Å². The Bertz CT molecular complexity index is 724. The van der Waals surface area contributed by atoms with E-state index in [9.17, 15) is 4.79 Å². The van der Waals surface area contributed by atoms with Gasteiger partial charge in [0.2, 0.25) is 0 Å². The lowest BCUT2D eigenvalue weighted by molar-refractivity contribution is 0.0757. The Morgan fingerprint density at radius 2 is 2.10 bits per heavy atom. The normalized spacial score (nSPS) is 10.9. The third-order valence-electron chi connectivity index (χ3n) is 3.33. The van der Waals surface area contributed by atoms with E-state index in [0.717, 1.165) is 11.0 Å². The number of benzene rings is 1. The van der Waals surface area contributed by atoms with Crippen LogP contribution in [0.3, 0.4) is 0 Å². The fourth-order valence-electron chi connectivity index (χ4n) is 2.13. The zero-order valence-electron chi connectivity index (χ0n) is 11.4. The van der Waals surface area contributed by atoms with Crippen molar-refractivity contribution >= 4 is 28.2 Å². The van der Waals surface area contributed by atoms with E-state index in [1.807, 2.05) is 29.6 Å². The molecule has 20 heavy (non-hydrogen) atoms. The standard InChI is InChI=1S/C16H15NO2S/c1-11-7-8-20-15(11)10-17(2)16(18)14-9-12-5-3-4-6-13(12)19-14/h3-9H,10H2,1-2H3. The van der Waals surface area contributed by atoms with Gasteiger partial charge < -0.3 is 9.32 Å². The van der Waals surface area contributed by atoms with Crippen LogP contribution in [-0.4, -0.2) is 17.9 Å². The summed E-state index contributed by atoms with van der Waals surface area (Å²) in [7, 11) is 1.80. The average molecular weight is 285 g/mol. The molecule has 0 radical (unpaired) electrons. The summed E-state index contributed by atoms with van der Waals surface area (Å²) in [6.07, 6.45) is 0. The third-order valence-corrected chi connectivity index (χ3v) is 4.34. The molecule has 1 amide bonds. The van der Waals surface area contributed by atoms with E-state index in [1.165, 1.54) is 10.4 Å². The Balaban J connectivity index is 1.82. The predicted molar refractivity (Wildman–Crippen MR) is 81.1 cm³/mol. The zero-order valence-corrected chi connectivity index (χ0v) is 12.2. The first-order valence-electron chi connectivity index (χ1n) is 6.42. The monoisotopic (exact) mass is 285 g/mol. The molecule has 0 aliphatic carbocycles. The molecule has 102 valence electrons. The molecule has 0 fully saturated rings. The summed E-state index contributed by atoms with van der Waals surface area (Å²) in [6.45, 7) is 2.67. The van der Waals surface area contributed by atoms with Crippen molar-refractivity contribution in [1.29, 1.82) is 0 Å². The van der Waals surface area contributed by atoms with Gasteiger partial charge in [0.25, 0.3) is 5.91 Å². The molecule has 3 rings (SSSR count). The van der Waals surface area contributed by atoms with E-state index in [-0.39, 0.29) is 5.91 Å². The number of carbonyl (C=O) groups excluding carboxylic acids is 1. The second-order valence-corrected chi connectivity index (χ2v) is 5.84. The lowest BCUT2D eigenvalue weighted by Crippen LogP contribution is -2.25. The van der Waals surface area contributed by atoms with Crippen molar-refractivity contribution in [3.05, 3.63) is 58.0 Å². The topological polar surface area (TPSA) is 33.5 Å². The summed E-state index contributed by atoms with van der Waals surface area (Å²) in [5.41, 5.74) is 1.97. The number of amides is 1. The van der Waals surface area contributed by atoms with Gasteiger partial charge in [-0.15, -0.1) is 11.3 Å². The maximum Gasteiger partial charge on any atom is 0.289 e. The van der Waals surface area contributed by atoms with Crippen LogP contribution in [0.15, 0.2) is 46.2 Å². The van der Waals surface area contributed by atoms with Gasteiger partial charge in [0.15, 0.2) is 5.76 Å². The number of para-hydroxylation sites is 1. The van der Waals surface area contributed by atoms with Crippen LogP contribution in [0.25, 0.3) is 11.0 Å². The van der Waals surface area contributed by atoms with E-state index < -0.39 is 0 Å². The largest absolute Gasteiger partial charge is 0.451 e. The summed E-state index contributed by atoms with van der Waals surface area (Å²) in [5, 5.41) is 3.00. The molecule has 0 unspecified atom stereocenters. The van der Waals surface area contributed by atoms with Crippen LogP contribution in [0.5, 0.6) is 0 Å². The molecule has 2 heterocycles. The minimum absolute atomic E-state index is 0.0889. The molecule has 0 aliphatic heterocycles. The van der Waals surface area contributed by atoms with Crippen molar-refractivity contribution in [2.45, 2.75) is 13.5 Å². The molecule has 3 nitrogen and oxygen atoms in total. The molecule has 3 aromatic rings. The Morgan fingerprint density at radius 1 is 1.30 bits per heavy atom. The fraction of sp³-hybridized carbons (Fsp3) is 0.188. The minimum atomic E-state index is -0.0889. The van der Waals surface area contributed by atoms with E-state index in [2.05, 4.69) is 13.0 Å². The van der Waals surface area contributed by atoms with Gasteiger partial charge in [-0.1, -0.05) is 18.2 Å². The van der Waals surface area contributed by atoms with E-state index in [4.69, 9.17) is 4.42 Å². The number of aryl methyl sites for hydroxylation is 1. The van der Waals surface area contributed by atoms with E-state index >= 15 is 0 Å². The number of thiophene rings is 1. The molecule has 0 spiro atoms.